The Kier molecular flexibility index (Phi) is 7.53. The number of hydrogen-bond donors (Lipinski definition) is 0. The molecule has 3 unspecified atom stereocenters. The fraction of sp³-hybridized carbons (Fsp3) is 0.286. The van der Waals surface area contributed by atoms with Crippen molar-refractivity contribution in [3.05, 3.63) is 102 Å². The van der Waals surface area contributed by atoms with Gasteiger partial charge >= 0.3 is 0 Å². The van der Waals surface area contributed by atoms with Crippen LogP contribution in [0.5, 0.6) is 5.75 Å². The maximum atomic E-state index is 13.3. The van der Waals surface area contributed by atoms with Crippen molar-refractivity contribution in [2.75, 3.05) is 6.61 Å². The van der Waals surface area contributed by atoms with Crippen molar-refractivity contribution in [1.29, 1.82) is 0 Å². The molecule has 0 aliphatic carbocycles. The van der Waals surface area contributed by atoms with Crippen molar-refractivity contribution in [1.82, 2.24) is 4.90 Å². The van der Waals surface area contributed by atoms with Crippen LogP contribution in [0.15, 0.2) is 84.9 Å². The van der Waals surface area contributed by atoms with Crippen LogP contribution >= 0.6 is 0 Å². The predicted molar refractivity (Wildman–Crippen MR) is 127 cm³/mol. The van der Waals surface area contributed by atoms with Crippen LogP contribution in [-0.2, 0) is 33.8 Å². The van der Waals surface area contributed by atoms with E-state index in [1.165, 1.54) is 0 Å². The van der Waals surface area contributed by atoms with E-state index in [0.717, 1.165) is 22.4 Å². The quantitative estimate of drug-likeness (QED) is 0.459. The number of rotatable bonds is 9. The Morgan fingerprint density at radius 2 is 1.61 bits per heavy atom. The first-order valence-corrected chi connectivity index (χ1v) is 11.3. The van der Waals surface area contributed by atoms with Gasteiger partial charge < -0.3 is 14.4 Å². The molecule has 170 valence electrons. The fourth-order valence-corrected chi connectivity index (χ4v) is 4.19. The average Bonchev–Trinajstić information content (AvgIpc) is 3.26. The molecule has 3 aromatic rings. The number of hydrogen-bond acceptors (Lipinski definition) is 4. The highest BCUT2D eigenvalue weighted by atomic mass is 16.5. The lowest BCUT2D eigenvalue weighted by atomic mass is 9.98. The Morgan fingerprint density at radius 3 is 2.24 bits per heavy atom. The maximum Gasteiger partial charge on any atom is 0.228 e. The number of carbonyl (C=O) groups excluding carboxylic acids is 2. The number of aldehydes is 1. The van der Waals surface area contributed by atoms with Gasteiger partial charge in [-0.15, -0.1) is 0 Å². The lowest BCUT2D eigenvalue weighted by Crippen LogP contribution is -2.46. The van der Waals surface area contributed by atoms with Crippen molar-refractivity contribution in [2.24, 2.45) is 5.92 Å². The first-order valence-electron chi connectivity index (χ1n) is 11.3. The number of amides is 1. The second-order valence-corrected chi connectivity index (χ2v) is 8.47. The number of ether oxygens (including phenoxy) is 2. The van der Waals surface area contributed by atoms with Gasteiger partial charge in [0, 0.05) is 5.92 Å². The molecule has 1 aliphatic rings. The zero-order chi connectivity index (χ0) is 23.0. The van der Waals surface area contributed by atoms with Gasteiger partial charge in [-0.25, -0.2) is 0 Å². The van der Waals surface area contributed by atoms with Crippen LogP contribution in [0.1, 0.15) is 23.6 Å². The number of carbonyl (C=O) groups is 2. The molecule has 0 saturated carbocycles. The second kappa shape index (κ2) is 10.9. The van der Waals surface area contributed by atoms with Crippen molar-refractivity contribution < 1.29 is 19.1 Å². The highest BCUT2D eigenvalue weighted by molar-refractivity contribution is 5.82. The Hall–Kier alpha value is -3.44. The zero-order valence-corrected chi connectivity index (χ0v) is 18.8. The molecule has 0 spiro atoms. The predicted octanol–water partition coefficient (Wildman–Crippen LogP) is 4.44. The summed E-state index contributed by atoms with van der Waals surface area (Å²) in [5.41, 5.74) is 3.28. The SMILES string of the molecule is CC(Cc1ccc(OCc2ccccc2)cc1)C(=O)N1C(Cc2ccccc2)COC1C=O. The van der Waals surface area contributed by atoms with Crippen LogP contribution in [0.4, 0.5) is 0 Å². The summed E-state index contributed by atoms with van der Waals surface area (Å²) in [5.74, 6) is 0.455. The molecule has 0 radical (unpaired) electrons. The van der Waals surface area contributed by atoms with Crippen molar-refractivity contribution in [2.45, 2.75) is 38.6 Å². The molecule has 3 atom stereocenters. The summed E-state index contributed by atoms with van der Waals surface area (Å²) in [5, 5.41) is 0. The van der Waals surface area contributed by atoms with Gasteiger partial charge in [0.05, 0.1) is 12.6 Å². The minimum atomic E-state index is -0.817. The van der Waals surface area contributed by atoms with Crippen molar-refractivity contribution >= 4 is 12.2 Å². The summed E-state index contributed by atoms with van der Waals surface area (Å²) < 4.78 is 11.5. The van der Waals surface area contributed by atoms with E-state index in [1.807, 2.05) is 91.9 Å². The van der Waals surface area contributed by atoms with E-state index in [-0.39, 0.29) is 17.9 Å². The van der Waals surface area contributed by atoms with E-state index in [0.29, 0.717) is 32.3 Å². The molecule has 1 aliphatic heterocycles. The van der Waals surface area contributed by atoms with E-state index < -0.39 is 6.23 Å². The Bertz CT molecular complexity index is 1040. The van der Waals surface area contributed by atoms with Crippen molar-refractivity contribution in [3.8, 4) is 5.75 Å². The van der Waals surface area contributed by atoms with Gasteiger partial charge in [0.15, 0.2) is 12.5 Å². The largest absolute Gasteiger partial charge is 0.489 e. The normalized spacial score (nSPS) is 18.6. The topological polar surface area (TPSA) is 55.8 Å². The summed E-state index contributed by atoms with van der Waals surface area (Å²) in [6.07, 6.45) is 1.14. The van der Waals surface area contributed by atoms with Gasteiger partial charge in [0.2, 0.25) is 5.91 Å². The van der Waals surface area contributed by atoms with Gasteiger partial charge in [-0.2, -0.15) is 0 Å². The summed E-state index contributed by atoms with van der Waals surface area (Å²) in [6.45, 7) is 2.78. The molecule has 1 heterocycles. The Labute approximate surface area is 194 Å². The van der Waals surface area contributed by atoms with Crippen LogP contribution in [0.3, 0.4) is 0 Å². The monoisotopic (exact) mass is 443 g/mol. The highest BCUT2D eigenvalue weighted by Gasteiger charge is 2.39. The molecule has 0 bridgehead atoms. The third-order valence-corrected chi connectivity index (χ3v) is 5.95. The van der Waals surface area contributed by atoms with Crippen LogP contribution in [0.2, 0.25) is 0 Å². The maximum absolute atomic E-state index is 13.3. The van der Waals surface area contributed by atoms with E-state index in [2.05, 4.69) is 0 Å². The highest BCUT2D eigenvalue weighted by Crippen LogP contribution is 2.24. The minimum absolute atomic E-state index is 0.0602. The molecule has 5 nitrogen and oxygen atoms in total. The Morgan fingerprint density at radius 1 is 0.970 bits per heavy atom. The number of benzene rings is 3. The molecule has 1 saturated heterocycles. The van der Waals surface area contributed by atoms with Crippen LogP contribution < -0.4 is 4.74 Å². The second-order valence-electron chi connectivity index (χ2n) is 8.47. The number of nitrogens with zero attached hydrogens (tertiary/aromatic N) is 1. The molecule has 0 aromatic heterocycles. The molecule has 4 rings (SSSR count). The Balaban J connectivity index is 1.36. The molecule has 3 aromatic carbocycles. The van der Waals surface area contributed by atoms with Gasteiger partial charge in [0.25, 0.3) is 0 Å². The van der Waals surface area contributed by atoms with Gasteiger partial charge in [0.1, 0.15) is 12.4 Å². The molecule has 1 fully saturated rings. The summed E-state index contributed by atoms with van der Waals surface area (Å²) in [4.78, 5) is 26.5. The first-order chi connectivity index (χ1) is 16.1. The molecule has 0 N–H and O–H groups in total. The van der Waals surface area contributed by atoms with Gasteiger partial charge in [-0.1, -0.05) is 79.7 Å². The standard InChI is InChI=1S/C28H29NO4/c1-21(16-23-12-14-26(15-13-23)32-19-24-10-6-3-7-11-24)28(31)29-25(20-33-27(29)18-30)17-22-8-4-2-5-9-22/h2-15,18,21,25,27H,16-17,19-20H2,1H3. The molecular weight excluding hydrogens is 414 g/mol. The van der Waals surface area contributed by atoms with Crippen LogP contribution in [0, 0.1) is 5.92 Å². The van der Waals surface area contributed by atoms with E-state index >= 15 is 0 Å². The van der Waals surface area contributed by atoms with Crippen LogP contribution in [-0.4, -0.2) is 36.0 Å². The fourth-order valence-electron chi connectivity index (χ4n) is 4.19. The molecular formula is C28H29NO4. The van der Waals surface area contributed by atoms with E-state index in [9.17, 15) is 9.59 Å². The lowest BCUT2D eigenvalue weighted by Gasteiger charge is -2.28. The summed E-state index contributed by atoms with van der Waals surface area (Å²) in [6, 6.07) is 27.7. The third-order valence-electron chi connectivity index (χ3n) is 5.95. The third kappa shape index (κ3) is 5.88. The zero-order valence-electron chi connectivity index (χ0n) is 18.8. The van der Waals surface area contributed by atoms with E-state index in [4.69, 9.17) is 9.47 Å². The summed E-state index contributed by atoms with van der Waals surface area (Å²) in [7, 11) is 0. The molecule has 33 heavy (non-hydrogen) atoms. The van der Waals surface area contributed by atoms with E-state index in [1.54, 1.807) is 4.90 Å². The smallest absolute Gasteiger partial charge is 0.228 e. The summed E-state index contributed by atoms with van der Waals surface area (Å²) >= 11 is 0. The first kappa shape index (κ1) is 22.7. The van der Waals surface area contributed by atoms with Gasteiger partial charge in [-0.05, 0) is 41.7 Å². The minimum Gasteiger partial charge on any atom is -0.489 e. The molecule has 5 heteroatoms. The van der Waals surface area contributed by atoms with Crippen LogP contribution in [0.25, 0.3) is 0 Å². The molecule has 1 amide bonds. The van der Waals surface area contributed by atoms with Crippen molar-refractivity contribution in [3.63, 3.8) is 0 Å². The average molecular weight is 444 g/mol. The van der Waals surface area contributed by atoms with Gasteiger partial charge in [-0.3, -0.25) is 9.59 Å². The lowest BCUT2D eigenvalue weighted by molar-refractivity contribution is -0.145.